The second kappa shape index (κ2) is 8.26. The molecule has 0 aliphatic carbocycles. The average Bonchev–Trinajstić information content (AvgIpc) is 2.62. The Morgan fingerprint density at radius 2 is 1.84 bits per heavy atom. The van der Waals surface area contributed by atoms with Crippen LogP contribution in [0.2, 0.25) is 0 Å². The maximum Gasteiger partial charge on any atom is 0.313 e. The lowest BCUT2D eigenvalue weighted by Crippen LogP contribution is -2.34. The minimum atomic E-state index is -0.961. The second-order valence-electron chi connectivity index (χ2n) is 7.28. The molecule has 0 aromatic heterocycles. The number of rotatable bonds is 7. The van der Waals surface area contributed by atoms with Crippen molar-refractivity contribution in [2.45, 2.75) is 44.9 Å². The summed E-state index contributed by atoms with van der Waals surface area (Å²) in [6, 6.07) is 9.23. The van der Waals surface area contributed by atoms with E-state index in [1.165, 1.54) is 0 Å². The van der Waals surface area contributed by atoms with Gasteiger partial charge in [0.2, 0.25) is 0 Å². The van der Waals surface area contributed by atoms with E-state index in [-0.39, 0.29) is 11.7 Å². The second-order valence-corrected chi connectivity index (χ2v) is 7.28. The molecule has 5 nitrogen and oxygen atoms in total. The van der Waals surface area contributed by atoms with Crippen molar-refractivity contribution in [1.82, 2.24) is 4.90 Å². The molecule has 0 spiro atoms. The summed E-state index contributed by atoms with van der Waals surface area (Å²) < 4.78 is 0. The van der Waals surface area contributed by atoms with E-state index in [2.05, 4.69) is 11.0 Å². The molecule has 1 N–H and O–H groups in total. The van der Waals surface area contributed by atoms with E-state index in [4.69, 9.17) is 5.26 Å². The normalized spacial score (nSPS) is 16.4. The molecule has 0 unspecified atom stereocenters. The van der Waals surface area contributed by atoms with Crippen LogP contribution in [0.5, 0.6) is 0 Å². The molecule has 2 rings (SSSR count). The third kappa shape index (κ3) is 4.90. The first-order chi connectivity index (χ1) is 11.8. The van der Waals surface area contributed by atoms with E-state index in [9.17, 15) is 14.7 Å². The molecule has 1 heterocycles. The van der Waals surface area contributed by atoms with Crippen LogP contribution < -0.4 is 0 Å². The number of benzene rings is 1. The Morgan fingerprint density at radius 1 is 1.24 bits per heavy atom. The predicted molar refractivity (Wildman–Crippen MR) is 95.4 cm³/mol. The molecule has 1 aliphatic rings. The zero-order valence-electron chi connectivity index (χ0n) is 15.0. The van der Waals surface area contributed by atoms with Gasteiger partial charge in [0, 0.05) is 17.9 Å². The van der Waals surface area contributed by atoms with Crippen LogP contribution >= 0.6 is 0 Å². The van der Waals surface area contributed by atoms with Crippen molar-refractivity contribution in [1.29, 1.82) is 5.26 Å². The van der Waals surface area contributed by atoms with Crippen molar-refractivity contribution < 1.29 is 14.7 Å². The van der Waals surface area contributed by atoms with Gasteiger partial charge in [-0.25, -0.2) is 0 Å². The van der Waals surface area contributed by atoms with Crippen LogP contribution in [-0.2, 0) is 10.2 Å². The van der Waals surface area contributed by atoms with Crippen LogP contribution in [0.4, 0.5) is 0 Å². The molecule has 0 saturated carbocycles. The molecule has 1 saturated heterocycles. The number of carboxylic acid groups (broad SMARTS) is 1. The third-order valence-corrected chi connectivity index (χ3v) is 5.11. The molecule has 0 bridgehead atoms. The van der Waals surface area contributed by atoms with Crippen LogP contribution in [-0.4, -0.2) is 41.4 Å². The average molecular weight is 342 g/mol. The fourth-order valence-electron chi connectivity index (χ4n) is 3.09. The van der Waals surface area contributed by atoms with Gasteiger partial charge in [-0.1, -0.05) is 24.3 Å². The Morgan fingerprint density at radius 3 is 2.36 bits per heavy atom. The minimum absolute atomic E-state index is 0.0894. The van der Waals surface area contributed by atoms with Crippen LogP contribution in [0, 0.1) is 17.2 Å². The first-order valence-corrected chi connectivity index (χ1v) is 8.83. The van der Waals surface area contributed by atoms with Crippen molar-refractivity contribution in [3.05, 3.63) is 35.4 Å². The van der Waals surface area contributed by atoms with E-state index in [1.807, 2.05) is 0 Å². The molecule has 134 valence electrons. The lowest BCUT2D eigenvalue weighted by molar-refractivity contribution is -0.142. The molecular formula is C20H26N2O3. The molecule has 1 fully saturated rings. The van der Waals surface area contributed by atoms with Gasteiger partial charge < -0.3 is 10.0 Å². The van der Waals surface area contributed by atoms with E-state index < -0.39 is 11.4 Å². The highest BCUT2D eigenvalue weighted by Crippen LogP contribution is 2.24. The predicted octanol–water partition coefficient (Wildman–Crippen LogP) is 3.25. The van der Waals surface area contributed by atoms with Crippen LogP contribution in [0.25, 0.3) is 0 Å². The Hall–Kier alpha value is -2.19. The zero-order valence-corrected chi connectivity index (χ0v) is 15.0. The van der Waals surface area contributed by atoms with Gasteiger partial charge in [0.25, 0.3) is 0 Å². The molecule has 1 aromatic carbocycles. The SMILES string of the molecule is CC(C)(C(=O)O)c1ccc(C(=O)CCCN2CCC(C#N)CC2)cc1. The fourth-order valence-corrected chi connectivity index (χ4v) is 3.09. The molecule has 25 heavy (non-hydrogen) atoms. The smallest absolute Gasteiger partial charge is 0.313 e. The van der Waals surface area contributed by atoms with Crippen molar-refractivity contribution >= 4 is 11.8 Å². The van der Waals surface area contributed by atoms with E-state index in [1.54, 1.807) is 38.1 Å². The summed E-state index contributed by atoms with van der Waals surface area (Å²) in [5.74, 6) is -0.607. The number of carbonyl (C=O) groups excluding carboxylic acids is 1. The third-order valence-electron chi connectivity index (χ3n) is 5.11. The summed E-state index contributed by atoms with van der Waals surface area (Å²) in [6.45, 7) is 6.06. The number of hydrogen-bond acceptors (Lipinski definition) is 4. The maximum absolute atomic E-state index is 12.3. The zero-order chi connectivity index (χ0) is 18.4. The minimum Gasteiger partial charge on any atom is -0.481 e. The van der Waals surface area contributed by atoms with Gasteiger partial charge in [0.1, 0.15) is 0 Å². The Balaban J connectivity index is 1.82. The fraction of sp³-hybridized carbons (Fsp3) is 0.550. The van der Waals surface area contributed by atoms with Gasteiger partial charge in [-0.3, -0.25) is 9.59 Å². The number of piperidine rings is 1. The number of nitriles is 1. The van der Waals surface area contributed by atoms with E-state index in [0.717, 1.165) is 38.9 Å². The number of carboxylic acids is 1. The summed E-state index contributed by atoms with van der Waals surface area (Å²) in [5, 5.41) is 18.2. The summed E-state index contributed by atoms with van der Waals surface area (Å²) in [4.78, 5) is 25.9. The highest BCUT2D eigenvalue weighted by molar-refractivity contribution is 5.96. The summed E-state index contributed by atoms with van der Waals surface area (Å²) >= 11 is 0. The topological polar surface area (TPSA) is 81.4 Å². The Labute approximate surface area is 149 Å². The molecule has 1 aromatic rings. The Kier molecular flexibility index (Phi) is 6.33. The van der Waals surface area contributed by atoms with Gasteiger partial charge in [0.15, 0.2) is 5.78 Å². The monoisotopic (exact) mass is 342 g/mol. The lowest BCUT2D eigenvalue weighted by Gasteiger charge is -2.28. The molecule has 0 radical (unpaired) electrons. The number of likely N-dealkylation sites (tertiary alicyclic amines) is 1. The summed E-state index contributed by atoms with van der Waals surface area (Å²) in [5.41, 5.74) is 0.363. The standard InChI is InChI=1S/C20H26N2O3/c1-20(2,19(24)25)17-7-5-16(6-8-17)18(23)4-3-11-22-12-9-15(14-21)10-13-22/h5-8,15H,3-4,9-13H2,1-2H3,(H,24,25). The van der Waals surface area contributed by atoms with E-state index >= 15 is 0 Å². The highest BCUT2D eigenvalue weighted by Gasteiger charge is 2.29. The van der Waals surface area contributed by atoms with Crippen LogP contribution in [0.1, 0.15) is 55.5 Å². The highest BCUT2D eigenvalue weighted by atomic mass is 16.4. The van der Waals surface area contributed by atoms with E-state index in [0.29, 0.717) is 17.5 Å². The maximum atomic E-state index is 12.3. The van der Waals surface area contributed by atoms with Crippen molar-refractivity contribution in [2.75, 3.05) is 19.6 Å². The summed E-state index contributed by atoms with van der Waals surface area (Å²) in [7, 11) is 0. The number of aliphatic carboxylic acids is 1. The quantitative estimate of drug-likeness (QED) is 0.769. The van der Waals surface area contributed by atoms with Crippen molar-refractivity contribution in [2.24, 2.45) is 5.92 Å². The molecule has 5 heteroatoms. The Bertz CT molecular complexity index is 651. The van der Waals surface area contributed by atoms with Crippen molar-refractivity contribution in [3.63, 3.8) is 0 Å². The number of nitrogens with zero attached hydrogens (tertiary/aromatic N) is 2. The lowest BCUT2D eigenvalue weighted by atomic mass is 9.84. The largest absolute Gasteiger partial charge is 0.481 e. The van der Waals surface area contributed by atoms with Gasteiger partial charge >= 0.3 is 5.97 Å². The number of hydrogen-bond donors (Lipinski definition) is 1. The van der Waals surface area contributed by atoms with Gasteiger partial charge in [-0.15, -0.1) is 0 Å². The van der Waals surface area contributed by atoms with Crippen LogP contribution in [0.15, 0.2) is 24.3 Å². The van der Waals surface area contributed by atoms with Crippen LogP contribution in [0.3, 0.4) is 0 Å². The molecule has 0 atom stereocenters. The van der Waals surface area contributed by atoms with Crippen molar-refractivity contribution in [3.8, 4) is 6.07 Å². The summed E-state index contributed by atoms with van der Waals surface area (Å²) in [6.07, 6.45) is 3.13. The number of ketones is 1. The van der Waals surface area contributed by atoms with Gasteiger partial charge in [-0.2, -0.15) is 5.26 Å². The first kappa shape index (κ1) is 19.1. The number of carbonyl (C=O) groups is 2. The molecule has 1 aliphatic heterocycles. The first-order valence-electron chi connectivity index (χ1n) is 8.83. The van der Waals surface area contributed by atoms with Gasteiger partial charge in [0.05, 0.1) is 11.5 Å². The van der Waals surface area contributed by atoms with Gasteiger partial charge in [-0.05, 0) is 58.3 Å². The number of Topliss-reactive ketones (excluding diaryl/α,β-unsaturated/α-hetero) is 1. The molecular weight excluding hydrogens is 316 g/mol. The molecule has 0 amide bonds.